The second-order valence-corrected chi connectivity index (χ2v) is 7.26. The highest BCUT2D eigenvalue weighted by Crippen LogP contribution is 2.23. The summed E-state index contributed by atoms with van der Waals surface area (Å²) in [5, 5.41) is 4.25. The van der Waals surface area contributed by atoms with E-state index in [-0.39, 0.29) is 4.90 Å². The number of aryl methyl sites for hydroxylation is 3. The fourth-order valence-electron chi connectivity index (χ4n) is 2.28. The molecule has 0 fully saturated rings. The van der Waals surface area contributed by atoms with Crippen LogP contribution < -0.4 is 4.74 Å². The van der Waals surface area contributed by atoms with Crippen LogP contribution in [0.15, 0.2) is 29.2 Å². The topological polar surface area (TPSA) is 61.2 Å². The van der Waals surface area contributed by atoms with Crippen LogP contribution in [0.25, 0.3) is 0 Å². The summed E-state index contributed by atoms with van der Waals surface area (Å²) in [7, 11) is 3.30. The minimum atomic E-state index is -3.76. The normalized spacial score (nSPS) is 11.6. The second kappa shape index (κ2) is 6.07. The lowest BCUT2D eigenvalue weighted by atomic mass is 10.1. The minimum absolute atomic E-state index is 0.110. The number of nitrogens with zero attached hydrogens (tertiary/aromatic N) is 2. The van der Waals surface area contributed by atoms with Gasteiger partial charge < -0.3 is 4.74 Å². The SMILES string of the molecule is COc1ccc(CCn2nc(C)c(S(=O)(=O)Cl)c2C)cc1. The molecule has 0 radical (unpaired) electrons. The second-order valence-electron chi connectivity index (χ2n) is 4.76. The average Bonchev–Trinajstić information content (AvgIpc) is 2.71. The molecule has 1 aromatic carbocycles. The Morgan fingerprint density at radius 3 is 2.33 bits per heavy atom. The monoisotopic (exact) mass is 328 g/mol. The van der Waals surface area contributed by atoms with Crippen LogP contribution in [0.4, 0.5) is 0 Å². The third-order valence-electron chi connectivity index (χ3n) is 3.33. The lowest BCUT2D eigenvalue weighted by Crippen LogP contribution is -2.06. The Kier molecular flexibility index (Phi) is 4.58. The molecule has 0 aliphatic rings. The van der Waals surface area contributed by atoms with Gasteiger partial charge in [-0.25, -0.2) is 8.42 Å². The zero-order chi connectivity index (χ0) is 15.6. The molecule has 0 unspecified atom stereocenters. The van der Waals surface area contributed by atoms with Crippen molar-refractivity contribution in [2.45, 2.75) is 31.7 Å². The predicted molar refractivity (Wildman–Crippen MR) is 81.4 cm³/mol. The molecular weight excluding hydrogens is 312 g/mol. The molecule has 114 valence electrons. The van der Waals surface area contributed by atoms with Gasteiger partial charge in [-0.15, -0.1) is 0 Å². The highest BCUT2D eigenvalue weighted by molar-refractivity contribution is 8.13. The van der Waals surface area contributed by atoms with Crippen LogP contribution in [0.2, 0.25) is 0 Å². The van der Waals surface area contributed by atoms with Crippen LogP contribution in [0.1, 0.15) is 17.0 Å². The van der Waals surface area contributed by atoms with E-state index in [4.69, 9.17) is 15.4 Å². The molecule has 2 aromatic rings. The van der Waals surface area contributed by atoms with Crippen LogP contribution in [0, 0.1) is 13.8 Å². The summed E-state index contributed by atoms with van der Waals surface area (Å²) >= 11 is 0. The molecule has 0 spiro atoms. The van der Waals surface area contributed by atoms with Crippen molar-refractivity contribution in [3.63, 3.8) is 0 Å². The smallest absolute Gasteiger partial charge is 0.264 e. The number of halogens is 1. The lowest BCUT2D eigenvalue weighted by molar-refractivity contribution is 0.414. The molecule has 0 aliphatic carbocycles. The molecule has 0 saturated heterocycles. The minimum Gasteiger partial charge on any atom is -0.497 e. The largest absolute Gasteiger partial charge is 0.497 e. The van der Waals surface area contributed by atoms with Gasteiger partial charge in [0.25, 0.3) is 9.05 Å². The van der Waals surface area contributed by atoms with Crippen molar-refractivity contribution in [3.8, 4) is 5.75 Å². The third-order valence-corrected chi connectivity index (χ3v) is 4.87. The van der Waals surface area contributed by atoms with E-state index in [9.17, 15) is 8.42 Å². The first-order valence-electron chi connectivity index (χ1n) is 6.44. The number of rotatable bonds is 5. The van der Waals surface area contributed by atoms with Crippen LogP contribution in [-0.2, 0) is 22.0 Å². The highest BCUT2D eigenvalue weighted by Gasteiger charge is 2.22. The van der Waals surface area contributed by atoms with Crippen LogP contribution >= 0.6 is 10.7 Å². The summed E-state index contributed by atoms with van der Waals surface area (Å²) in [6.07, 6.45) is 0.744. The van der Waals surface area contributed by atoms with E-state index in [0.717, 1.165) is 17.7 Å². The van der Waals surface area contributed by atoms with Crippen molar-refractivity contribution in [1.82, 2.24) is 9.78 Å². The molecule has 0 bridgehead atoms. The maximum atomic E-state index is 11.5. The molecular formula is C14H17ClN2O3S. The van der Waals surface area contributed by atoms with Crippen molar-refractivity contribution >= 4 is 19.7 Å². The summed E-state index contributed by atoms with van der Waals surface area (Å²) in [6.45, 7) is 3.95. The Morgan fingerprint density at radius 1 is 1.24 bits per heavy atom. The molecule has 0 atom stereocenters. The highest BCUT2D eigenvalue weighted by atomic mass is 35.7. The van der Waals surface area contributed by atoms with Crippen LogP contribution in [0.3, 0.4) is 0 Å². The number of aromatic nitrogens is 2. The number of hydrogen-bond donors (Lipinski definition) is 0. The zero-order valence-corrected chi connectivity index (χ0v) is 13.7. The van der Waals surface area contributed by atoms with E-state index in [1.807, 2.05) is 24.3 Å². The number of hydrogen-bond acceptors (Lipinski definition) is 4. The lowest BCUT2D eigenvalue weighted by Gasteiger charge is -2.06. The van der Waals surface area contributed by atoms with Crippen LogP contribution in [-0.4, -0.2) is 25.3 Å². The standard InChI is InChI=1S/C14H17ClN2O3S/c1-10-14(21(15,18)19)11(2)17(16-10)9-8-12-4-6-13(20-3)7-5-12/h4-7H,8-9H2,1-3H3. The van der Waals surface area contributed by atoms with Gasteiger partial charge in [0, 0.05) is 17.2 Å². The quantitative estimate of drug-likeness (QED) is 0.792. The molecule has 1 aromatic heterocycles. The van der Waals surface area contributed by atoms with Gasteiger partial charge in [0.1, 0.15) is 10.6 Å². The van der Waals surface area contributed by atoms with Crippen molar-refractivity contribution in [2.24, 2.45) is 0 Å². The van der Waals surface area contributed by atoms with E-state index in [1.165, 1.54) is 0 Å². The zero-order valence-electron chi connectivity index (χ0n) is 12.1. The molecule has 2 rings (SSSR count). The number of ether oxygens (including phenoxy) is 1. The Morgan fingerprint density at radius 2 is 1.86 bits per heavy atom. The van der Waals surface area contributed by atoms with Gasteiger partial charge in [0.05, 0.1) is 18.5 Å². The maximum Gasteiger partial charge on any atom is 0.264 e. The first-order chi connectivity index (χ1) is 9.82. The summed E-state index contributed by atoms with van der Waals surface area (Å²) in [5.41, 5.74) is 2.12. The van der Waals surface area contributed by atoms with Gasteiger partial charge in [-0.1, -0.05) is 12.1 Å². The van der Waals surface area contributed by atoms with E-state index >= 15 is 0 Å². The van der Waals surface area contributed by atoms with Crippen LogP contribution in [0.5, 0.6) is 5.75 Å². The van der Waals surface area contributed by atoms with E-state index in [1.54, 1.807) is 25.6 Å². The van der Waals surface area contributed by atoms with Crippen molar-refractivity contribution in [3.05, 3.63) is 41.2 Å². The van der Waals surface area contributed by atoms with Gasteiger partial charge in [-0.3, -0.25) is 4.68 Å². The molecule has 0 saturated carbocycles. The van der Waals surface area contributed by atoms with Gasteiger partial charge in [-0.05, 0) is 38.0 Å². The summed E-state index contributed by atoms with van der Waals surface area (Å²) in [6, 6.07) is 7.74. The Hall–Kier alpha value is -1.53. The maximum absolute atomic E-state index is 11.5. The van der Waals surface area contributed by atoms with Crippen molar-refractivity contribution in [2.75, 3.05) is 7.11 Å². The molecule has 21 heavy (non-hydrogen) atoms. The summed E-state index contributed by atoms with van der Waals surface area (Å²) in [4.78, 5) is 0.110. The fraction of sp³-hybridized carbons (Fsp3) is 0.357. The summed E-state index contributed by atoms with van der Waals surface area (Å²) in [5.74, 6) is 0.806. The fourth-order valence-corrected chi connectivity index (χ4v) is 3.80. The Bertz CT molecular complexity index is 736. The number of methoxy groups -OCH3 is 1. The van der Waals surface area contributed by atoms with E-state index in [2.05, 4.69) is 5.10 Å². The molecule has 0 N–H and O–H groups in total. The molecule has 0 aliphatic heterocycles. The first kappa shape index (κ1) is 15.9. The first-order valence-corrected chi connectivity index (χ1v) is 8.75. The van der Waals surface area contributed by atoms with Gasteiger partial charge in [0.15, 0.2) is 0 Å². The molecule has 7 heteroatoms. The van der Waals surface area contributed by atoms with Gasteiger partial charge in [-0.2, -0.15) is 5.10 Å². The average molecular weight is 329 g/mol. The Balaban J connectivity index is 2.17. The molecule has 0 amide bonds. The molecule has 1 heterocycles. The van der Waals surface area contributed by atoms with Crippen molar-refractivity contribution < 1.29 is 13.2 Å². The van der Waals surface area contributed by atoms with Gasteiger partial charge in [0.2, 0.25) is 0 Å². The van der Waals surface area contributed by atoms with E-state index < -0.39 is 9.05 Å². The Labute approximate surface area is 128 Å². The predicted octanol–water partition coefficient (Wildman–Crippen LogP) is 2.68. The van der Waals surface area contributed by atoms with E-state index in [0.29, 0.717) is 17.9 Å². The number of benzene rings is 1. The summed E-state index contributed by atoms with van der Waals surface area (Å²) < 4.78 is 29.8. The third kappa shape index (κ3) is 3.57. The van der Waals surface area contributed by atoms with Gasteiger partial charge >= 0.3 is 0 Å². The molecule has 5 nitrogen and oxygen atoms in total. The van der Waals surface area contributed by atoms with Crippen molar-refractivity contribution in [1.29, 1.82) is 0 Å².